The average molecular weight is 372 g/mol. The summed E-state index contributed by atoms with van der Waals surface area (Å²) in [6, 6.07) is 23.3. The summed E-state index contributed by atoms with van der Waals surface area (Å²) >= 11 is 0. The smallest absolute Gasteiger partial charge is 0.308 e. The van der Waals surface area contributed by atoms with E-state index in [0.29, 0.717) is 5.76 Å². The summed E-state index contributed by atoms with van der Waals surface area (Å²) in [7, 11) is 1.62. The van der Waals surface area contributed by atoms with Crippen LogP contribution in [0.15, 0.2) is 78.9 Å². The highest BCUT2D eigenvalue weighted by atomic mass is 16.5. The second kappa shape index (κ2) is 7.61. The highest BCUT2D eigenvalue weighted by Gasteiger charge is 2.26. The Balaban J connectivity index is 1.84. The van der Waals surface area contributed by atoms with E-state index >= 15 is 0 Å². The number of fused-ring (bicyclic) bond motifs is 2. The number of benzene rings is 3. The van der Waals surface area contributed by atoms with Crippen LogP contribution in [0.1, 0.15) is 29.5 Å². The molecule has 0 atom stereocenters. The molecule has 0 saturated heterocycles. The molecule has 3 aromatic rings. The van der Waals surface area contributed by atoms with E-state index in [4.69, 9.17) is 14.2 Å². The summed E-state index contributed by atoms with van der Waals surface area (Å²) in [4.78, 5) is 11.8. The minimum Gasteiger partial charge on any atom is -0.497 e. The number of carbonyl (C=O) groups excluding carboxylic acids is 1. The van der Waals surface area contributed by atoms with Gasteiger partial charge >= 0.3 is 5.97 Å². The maximum Gasteiger partial charge on any atom is 0.308 e. The van der Waals surface area contributed by atoms with Crippen LogP contribution in [0.3, 0.4) is 0 Å². The van der Waals surface area contributed by atoms with E-state index in [2.05, 4.69) is 0 Å². The van der Waals surface area contributed by atoms with E-state index in [-0.39, 0.29) is 11.9 Å². The molecule has 28 heavy (non-hydrogen) atoms. The van der Waals surface area contributed by atoms with Gasteiger partial charge in [0.15, 0.2) is 0 Å². The monoisotopic (exact) mass is 372 g/mol. The van der Waals surface area contributed by atoms with E-state index in [1.807, 2.05) is 78.9 Å². The molecule has 3 aromatic carbocycles. The lowest BCUT2D eigenvalue weighted by molar-refractivity contribution is -0.134. The van der Waals surface area contributed by atoms with Gasteiger partial charge in [-0.15, -0.1) is 0 Å². The van der Waals surface area contributed by atoms with Crippen LogP contribution in [0.25, 0.3) is 5.76 Å². The molecule has 4 heteroatoms. The molecule has 0 spiro atoms. The van der Waals surface area contributed by atoms with Crippen molar-refractivity contribution in [1.29, 1.82) is 0 Å². The van der Waals surface area contributed by atoms with Crippen molar-refractivity contribution in [2.45, 2.75) is 12.8 Å². The summed E-state index contributed by atoms with van der Waals surface area (Å²) in [6.07, 6.45) is 1.98. The summed E-state index contributed by atoms with van der Waals surface area (Å²) in [5.41, 5.74) is 2.86. The Morgan fingerprint density at radius 2 is 1.46 bits per heavy atom. The fourth-order valence-electron chi connectivity index (χ4n) is 3.38. The standard InChI is InChI=1S/C24H20O4/c1-16(25)27-24(17-11-13-18(26-2)14-12-17)15-21-19-7-3-5-9-22(19)28-23-10-6-4-8-20(21)23/h3-15,21H,1-2H3. The van der Waals surface area contributed by atoms with Gasteiger partial charge in [-0.3, -0.25) is 4.79 Å². The molecule has 0 unspecified atom stereocenters. The number of esters is 1. The summed E-state index contributed by atoms with van der Waals surface area (Å²) in [6.45, 7) is 1.41. The number of para-hydroxylation sites is 2. The van der Waals surface area contributed by atoms with Crippen molar-refractivity contribution in [3.8, 4) is 17.2 Å². The molecule has 0 aromatic heterocycles. The Morgan fingerprint density at radius 1 is 0.893 bits per heavy atom. The molecule has 4 nitrogen and oxygen atoms in total. The second-order valence-corrected chi connectivity index (χ2v) is 6.51. The Kier molecular flexibility index (Phi) is 4.85. The molecule has 1 aliphatic rings. The third-order valence-electron chi connectivity index (χ3n) is 4.67. The fraction of sp³-hybridized carbons (Fsp3) is 0.125. The Hall–Kier alpha value is -3.53. The number of hydrogen-bond acceptors (Lipinski definition) is 4. The molecular weight excluding hydrogens is 352 g/mol. The van der Waals surface area contributed by atoms with Gasteiger partial charge in [-0.2, -0.15) is 0 Å². The largest absolute Gasteiger partial charge is 0.497 e. The fourth-order valence-corrected chi connectivity index (χ4v) is 3.38. The number of hydrogen-bond donors (Lipinski definition) is 0. The minimum absolute atomic E-state index is 0.0994. The summed E-state index contributed by atoms with van der Waals surface area (Å²) in [5.74, 6) is 2.39. The molecular formula is C24H20O4. The van der Waals surface area contributed by atoms with Gasteiger partial charge in [-0.1, -0.05) is 36.4 Å². The number of ether oxygens (including phenoxy) is 3. The Morgan fingerprint density at radius 3 is 2.00 bits per heavy atom. The molecule has 0 radical (unpaired) electrons. The lowest BCUT2D eigenvalue weighted by atomic mass is 9.87. The molecule has 1 aliphatic heterocycles. The third kappa shape index (κ3) is 3.49. The summed E-state index contributed by atoms with van der Waals surface area (Å²) in [5, 5.41) is 0. The summed E-state index contributed by atoms with van der Waals surface area (Å²) < 4.78 is 16.9. The minimum atomic E-state index is -0.365. The zero-order chi connectivity index (χ0) is 19.5. The normalized spacial score (nSPS) is 13.1. The first-order valence-electron chi connectivity index (χ1n) is 9.06. The lowest BCUT2D eigenvalue weighted by Crippen LogP contribution is -2.10. The van der Waals surface area contributed by atoms with Crippen LogP contribution in [-0.4, -0.2) is 13.1 Å². The van der Waals surface area contributed by atoms with Crippen molar-refractivity contribution < 1.29 is 19.0 Å². The molecule has 1 heterocycles. The molecule has 0 fully saturated rings. The van der Waals surface area contributed by atoms with E-state index in [9.17, 15) is 4.79 Å². The topological polar surface area (TPSA) is 44.8 Å². The first-order valence-corrected chi connectivity index (χ1v) is 9.06. The maximum atomic E-state index is 11.8. The van der Waals surface area contributed by atoms with E-state index in [1.54, 1.807) is 7.11 Å². The molecule has 0 saturated carbocycles. The van der Waals surface area contributed by atoms with Gasteiger partial charge < -0.3 is 14.2 Å². The zero-order valence-corrected chi connectivity index (χ0v) is 15.7. The van der Waals surface area contributed by atoms with Crippen LogP contribution >= 0.6 is 0 Å². The number of methoxy groups -OCH3 is 1. The number of carbonyl (C=O) groups is 1. The predicted octanol–water partition coefficient (Wildman–Crippen LogP) is 5.54. The first-order chi connectivity index (χ1) is 13.7. The van der Waals surface area contributed by atoms with Gasteiger partial charge in [-0.25, -0.2) is 0 Å². The van der Waals surface area contributed by atoms with Crippen LogP contribution in [0.5, 0.6) is 17.2 Å². The first kappa shape index (κ1) is 17.9. The van der Waals surface area contributed by atoms with Crippen LogP contribution in [-0.2, 0) is 9.53 Å². The van der Waals surface area contributed by atoms with Gasteiger partial charge in [-0.05, 0) is 42.5 Å². The molecule has 140 valence electrons. The molecule has 0 N–H and O–H groups in total. The van der Waals surface area contributed by atoms with Crippen molar-refractivity contribution in [2.24, 2.45) is 0 Å². The Bertz CT molecular complexity index is 989. The highest BCUT2D eigenvalue weighted by molar-refractivity contribution is 5.77. The van der Waals surface area contributed by atoms with Gasteiger partial charge in [0.25, 0.3) is 0 Å². The maximum absolute atomic E-state index is 11.8. The van der Waals surface area contributed by atoms with Crippen LogP contribution in [0, 0.1) is 0 Å². The molecule has 0 amide bonds. The molecule has 4 rings (SSSR count). The predicted molar refractivity (Wildman–Crippen MR) is 108 cm³/mol. The Labute approximate surface area is 164 Å². The molecule has 0 bridgehead atoms. The quantitative estimate of drug-likeness (QED) is 0.446. The van der Waals surface area contributed by atoms with Crippen molar-refractivity contribution in [3.63, 3.8) is 0 Å². The third-order valence-corrected chi connectivity index (χ3v) is 4.67. The second-order valence-electron chi connectivity index (χ2n) is 6.51. The van der Waals surface area contributed by atoms with Crippen LogP contribution < -0.4 is 9.47 Å². The van der Waals surface area contributed by atoms with Gasteiger partial charge in [0.1, 0.15) is 23.0 Å². The van der Waals surface area contributed by atoms with Crippen LogP contribution in [0.2, 0.25) is 0 Å². The zero-order valence-electron chi connectivity index (χ0n) is 15.7. The van der Waals surface area contributed by atoms with Crippen LogP contribution in [0.4, 0.5) is 0 Å². The number of allylic oxidation sites excluding steroid dienone is 1. The van der Waals surface area contributed by atoms with E-state index in [0.717, 1.165) is 33.9 Å². The van der Waals surface area contributed by atoms with Gasteiger partial charge in [0.2, 0.25) is 0 Å². The average Bonchev–Trinajstić information content (AvgIpc) is 2.72. The van der Waals surface area contributed by atoms with Crippen molar-refractivity contribution in [1.82, 2.24) is 0 Å². The van der Waals surface area contributed by atoms with Gasteiger partial charge in [0.05, 0.1) is 7.11 Å². The van der Waals surface area contributed by atoms with E-state index < -0.39 is 0 Å². The van der Waals surface area contributed by atoms with Crippen molar-refractivity contribution in [2.75, 3.05) is 7.11 Å². The van der Waals surface area contributed by atoms with Gasteiger partial charge in [0, 0.05) is 29.5 Å². The lowest BCUT2D eigenvalue weighted by Gasteiger charge is -2.26. The van der Waals surface area contributed by atoms with Crippen molar-refractivity contribution in [3.05, 3.63) is 95.6 Å². The molecule has 0 aliphatic carbocycles. The van der Waals surface area contributed by atoms with E-state index in [1.165, 1.54) is 6.92 Å². The number of rotatable bonds is 4. The van der Waals surface area contributed by atoms with Crippen molar-refractivity contribution >= 4 is 11.7 Å². The SMILES string of the molecule is COc1ccc(C(=CC2c3ccccc3Oc3ccccc32)OC(C)=O)cc1. The highest BCUT2D eigenvalue weighted by Crippen LogP contribution is 2.45.